The normalized spacial score (nSPS) is 10.8. The van der Waals surface area contributed by atoms with Gasteiger partial charge >= 0.3 is 0 Å². The van der Waals surface area contributed by atoms with Gasteiger partial charge in [-0.2, -0.15) is 0 Å². The van der Waals surface area contributed by atoms with Gasteiger partial charge in [-0.15, -0.1) is 11.3 Å². The van der Waals surface area contributed by atoms with Crippen LogP contribution in [0.5, 0.6) is 0 Å². The van der Waals surface area contributed by atoms with Crippen molar-refractivity contribution >= 4 is 22.9 Å². The third-order valence-corrected chi connectivity index (χ3v) is 3.76. The molecule has 0 amide bonds. The SMILES string of the molecule is c1csc(Cn2ccnc2-c2cnsc2)c1. The summed E-state index contributed by atoms with van der Waals surface area (Å²) in [6.45, 7) is 0.878. The molecular weight excluding hydrogens is 238 g/mol. The summed E-state index contributed by atoms with van der Waals surface area (Å²) < 4.78 is 6.26. The molecule has 0 aliphatic carbocycles. The van der Waals surface area contributed by atoms with Gasteiger partial charge in [-0.1, -0.05) is 6.07 Å². The first-order chi connectivity index (χ1) is 7.93. The van der Waals surface area contributed by atoms with Crippen molar-refractivity contribution in [2.24, 2.45) is 0 Å². The monoisotopic (exact) mass is 247 g/mol. The Morgan fingerprint density at radius 3 is 3.12 bits per heavy atom. The predicted molar refractivity (Wildman–Crippen MR) is 66.8 cm³/mol. The van der Waals surface area contributed by atoms with E-state index in [0.29, 0.717) is 0 Å². The van der Waals surface area contributed by atoms with Crippen LogP contribution in [0.1, 0.15) is 4.88 Å². The number of aromatic nitrogens is 3. The first-order valence-electron chi connectivity index (χ1n) is 4.87. The van der Waals surface area contributed by atoms with Crippen molar-refractivity contribution in [1.29, 1.82) is 0 Å². The lowest BCUT2D eigenvalue weighted by Gasteiger charge is -2.03. The van der Waals surface area contributed by atoms with E-state index in [-0.39, 0.29) is 0 Å². The van der Waals surface area contributed by atoms with Gasteiger partial charge in [0.2, 0.25) is 0 Å². The number of hydrogen-bond acceptors (Lipinski definition) is 4. The molecule has 3 nitrogen and oxygen atoms in total. The van der Waals surface area contributed by atoms with Crippen molar-refractivity contribution in [3.63, 3.8) is 0 Å². The van der Waals surface area contributed by atoms with Gasteiger partial charge in [0.15, 0.2) is 0 Å². The standard InChI is InChI=1S/C11H9N3S2/c1-2-10(15-5-1)7-14-4-3-12-11(14)9-6-13-16-8-9/h1-6,8H,7H2. The Kier molecular flexibility index (Phi) is 2.55. The maximum absolute atomic E-state index is 4.37. The van der Waals surface area contributed by atoms with Crippen LogP contribution >= 0.6 is 22.9 Å². The Balaban J connectivity index is 1.94. The molecule has 0 bridgehead atoms. The maximum Gasteiger partial charge on any atom is 0.142 e. The zero-order chi connectivity index (χ0) is 10.8. The fourth-order valence-electron chi connectivity index (χ4n) is 1.58. The third kappa shape index (κ3) is 1.79. The average molecular weight is 247 g/mol. The molecule has 16 heavy (non-hydrogen) atoms. The van der Waals surface area contributed by atoms with E-state index in [1.165, 1.54) is 16.4 Å². The van der Waals surface area contributed by atoms with Crippen molar-refractivity contribution < 1.29 is 0 Å². The Labute approximate surface area is 101 Å². The molecular formula is C11H9N3S2. The van der Waals surface area contributed by atoms with Crippen LogP contribution in [0.15, 0.2) is 41.5 Å². The highest BCUT2D eigenvalue weighted by Crippen LogP contribution is 2.20. The van der Waals surface area contributed by atoms with Crippen LogP contribution in [0.25, 0.3) is 11.4 Å². The smallest absolute Gasteiger partial charge is 0.142 e. The minimum atomic E-state index is 0.878. The van der Waals surface area contributed by atoms with Crippen molar-refractivity contribution in [3.05, 3.63) is 46.4 Å². The molecule has 0 unspecified atom stereocenters. The maximum atomic E-state index is 4.37. The zero-order valence-corrected chi connectivity index (χ0v) is 10.0. The van der Waals surface area contributed by atoms with Crippen molar-refractivity contribution in [2.75, 3.05) is 0 Å². The van der Waals surface area contributed by atoms with Gasteiger partial charge in [-0.05, 0) is 23.0 Å². The van der Waals surface area contributed by atoms with Gasteiger partial charge < -0.3 is 4.57 Å². The molecule has 3 aromatic rings. The summed E-state index contributed by atoms with van der Waals surface area (Å²) in [6, 6.07) is 4.21. The Morgan fingerprint density at radius 2 is 2.38 bits per heavy atom. The van der Waals surface area contributed by atoms with E-state index in [0.717, 1.165) is 17.9 Å². The summed E-state index contributed by atoms with van der Waals surface area (Å²) in [5.74, 6) is 0.988. The molecule has 3 heterocycles. The molecule has 0 N–H and O–H groups in total. The minimum Gasteiger partial charge on any atom is -0.326 e. The van der Waals surface area contributed by atoms with Crippen LogP contribution in [0.2, 0.25) is 0 Å². The summed E-state index contributed by atoms with van der Waals surface area (Å²) in [5, 5.41) is 4.12. The van der Waals surface area contributed by atoms with E-state index < -0.39 is 0 Å². The zero-order valence-electron chi connectivity index (χ0n) is 8.41. The summed E-state index contributed by atoms with van der Waals surface area (Å²) in [7, 11) is 0. The molecule has 5 heteroatoms. The lowest BCUT2D eigenvalue weighted by Crippen LogP contribution is -1.98. The van der Waals surface area contributed by atoms with Gasteiger partial charge in [0.05, 0.1) is 12.7 Å². The molecule has 0 aliphatic rings. The second-order valence-electron chi connectivity index (χ2n) is 3.37. The Morgan fingerprint density at radius 1 is 1.38 bits per heavy atom. The topological polar surface area (TPSA) is 30.7 Å². The fourth-order valence-corrected chi connectivity index (χ4v) is 2.80. The van der Waals surface area contributed by atoms with Crippen molar-refractivity contribution in [3.8, 4) is 11.4 Å². The quantitative estimate of drug-likeness (QED) is 0.712. The molecule has 0 fully saturated rings. The third-order valence-electron chi connectivity index (χ3n) is 2.31. The molecule has 3 rings (SSSR count). The molecule has 0 saturated carbocycles. The number of rotatable bonds is 3. The molecule has 80 valence electrons. The summed E-state index contributed by atoms with van der Waals surface area (Å²) in [6.07, 6.45) is 5.70. The lowest BCUT2D eigenvalue weighted by molar-refractivity contribution is 0.820. The number of nitrogens with zero attached hydrogens (tertiary/aromatic N) is 3. The van der Waals surface area contributed by atoms with Crippen LogP contribution in [-0.4, -0.2) is 13.9 Å². The average Bonchev–Trinajstić information content (AvgIpc) is 2.98. The van der Waals surface area contributed by atoms with E-state index in [4.69, 9.17) is 0 Å². The first kappa shape index (κ1) is 9.74. The molecule has 0 atom stereocenters. The van der Waals surface area contributed by atoms with Crippen molar-refractivity contribution in [2.45, 2.75) is 6.54 Å². The highest BCUT2D eigenvalue weighted by atomic mass is 32.1. The highest BCUT2D eigenvalue weighted by molar-refractivity contribution is 7.09. The van der Waals surface area contributed by atoms with Gasteiger partial charge in [0, 0.05) is 28.2 Å². The second-order valence-corrected chi connectivity index (χ2v) is 5.06. The Hall–Kier alpha value is -1.46. The second kappa shape index (κ2) is 4.19. The summed E-state index contributed by atoms with van der Waals surface area (Å²) in [5.41, 5.74) is 1.09. The molecule has 0 spiro atoms. The van der Waals surface area contributed by atoms with Gasteiger partial charge in [-0.25, -0.2) is 9.36 Å². The number of thiophene rings is 1. The van der Waals surface area contributed by atoms with Gasteiger partial charge in [-0.3, -0.25) is 0 Å². The van der Waals surface area contributed by atoms with E-state index in [1.54, 1.807) is 11.3 Å². The molecule has 3 aromatic heterocycles. The van der Waals surface area contributed by atoms with E-state index in [2.05, 4.69) is 31.4 Å². The highest BCUT2D eigenvalue weighted by Gasteiger charge is 2.07. The minimum absolute atomic E-state index is 0.878. The number of imidazole rings is 1. The van der Waals surface area contributed by atoms with Gasteiger partial charge in [0.25, 0.3) is 0 Å². The van der Waals surface area contributed by atoms with Crippen LogP contribution < -0.4 is 0 Å². The summed E-state index contributed by atoms with van der Waals surface area (Å²) in [4.78, 5) is 5.71. The molecule has 0 aromatic carbocycles. The first-order valence-corrected chi connectivity index (χ1v) is 6.58. The fraction of sp³-hybridized carbons (Fsp3) is 0.0909. The Bertz CT molecular complexity index is 552. The van der Waals surface area contributed by atoms with Crippen LogP contribution in [0.3, 0.4) is 0 Å². The molecule has 0 radical (unpaired) electrons. The molecule has 0 aliphatic heterocycles. The number of hydrogen-bond donors (Lipinski definition) is 0. The van der Waals surface area contributed by atoms with Crippen LogP contribution in [-0.2, 0) is 6.54 Å². The summed E-state index contributed by atoms with van der Waals surface area (Å²) >= 11 is 3.22. The largest absolute Gasteiger partial charge is 0.326 e. The van der Waals surface area contributed by atoms with E-state index in [1.807, 2.05) is 24.0 Å². The lowest BCUT2D eigenvalue weighted by atomic mass is 10.3. The van der Waals surface area contributed by atoms with Crippen LogP contribution in [0, 0.1) is 0 Å². The van der Waals surface area contributed by atoms with Gasteiger partial charge in [0.1, 0.15) is 5.82 Å². The van der Waals surface area contributed by atoms with Crippen LogP contribution in [0.4, 0.5) is 0 Å². The van der Waals surface area contributed by atoms with E-state index in [9.17, 15) is 0 Å². The van der Waals surface area contributed by atoms with E-state index >= 15 is 0 Å². The van der Waals surface area contributed by atoms with Crippen molar-refractivity contribution in [1.82, 2.24) is 13.9 Å². The predicted octanol–water partition coefficient (Wildman–Crippen LogP) is 3.12. The molecule has 0 saturated heterocycles.